The Labute approximate surface area is 268 Å². The predicted molar refractivity (Wildman–Crippen MR) is 193 cm³/mol. The fraction of sp³-hybridized carbons (Fsp3) is 0.182. The number of hydrogen-bond acceptors (Lipinski definition) is 1. The molecule has 1 aliphatic rings. The number of anilines is 3. The Balaban J connectivity index is 1.29. The monoisotopic (exact) mass is 583 g/mol. The molecule has 0 fully saturated rings. The molecular weight excluding hydrogens is 542 g/mol. The van der Waals surface area contributed by atoms with Crippen molar-refractivity contribution < 1.29 is 0 Å². The van der Waals surface area contributed by atoms with Crippen molar-refractivity contribution in [2.45, 2.75) is 51.4 Å². The molecule has 6 aromatic carbocycles. The topological polar surface area (TPSA) is 3.24 Å². The van der Waals surface area contributed by atoms with Gasteiger partial charge in [0.2, 0.25) is 0 Å². The third kappa shape index (κ3) is 5.60. The molecule has 0 spiro atoms. The number of hydrogen-bond donors (Lipinski definition) is 0. The first-order valence-electron chi connectivity index (χ1n) is 16.2. The largest absolute Gasteiger partial charge is 0.311 e. The third-order valence-electron chi connectivity index (χ3n) is 9.75. The van der Waals surface area contributed by atoms with E-state index in [1.807, 2.05) is 0 Å². The summed E-state index contributed by atoms with van der Waals surface area (Å²) in [5.41, 5.74) is 14.3. The zero-order chi connectivity index (χ0) is 31.0. The molecule has 1 nitrogen and oxygen atoms in total. The Morgan fingerprint density at radius 1 is 0.378 bits per heavy atom. The lowest BCUT2D eigenvalue weighted by molar-refractivity contribution is 0.333. The number of fused-ring (bicyclic) bond motifs is 1. The van der Waals surface area contributed by atoms with E-state index in [0.29, 0.717) is 0 Å². The minimum absolute atomic E-state index is 0.146. The van der Waals surface area contributed by atoms with Crippen LogP contribution < -0.4 is 4.90 Å². The van der Waals surface area contributed by atoms with Crippen molar-refractivity contribution in [2.24, 2.45) is 0 Å². The van der Waals surface area contributed by atoms with Crippen LogP contribution in [0.15, 0.2) is 152 Å². The Morgan fingerprint density at radius 3 is 1.24 bits per heavy atom. The van der Waals surface area contributed by atoms with Gasteiger partial charge in [-0.3, -0.25) is 0 Å². The lowest BCUT2D eigenvalue weighted by Gasteiger charge is -2.43. The molecule has 0 unspecified atom stereocenters. The zero-order valence-corrected chi connectivity index (χ0v) is 26.8. The van der Waals surface area contributed by atoms with Gasteiger partial charge in [-0.2, -0.15) is 0 Å². The van der Waals surface area contributed by atoms with E-state index in [-0.39, 0.29) is 10.8 Å². The molecule has 1 aliphatic carbocycles. The van der Waals surface area contributed by atoms with Gasteiger partial charge in [-0.15, -0.1) is 0 Å². The van der Waals surface area contributed by atoms with E-state index >= 15 is 0 Å². The predicted octanol–water partition coefficient (Wildman–Crippen LogP) is 12.5. The minimum atomic E-state index is 0.146. The summed E-state index contributed by atoms with van der Waals surface area (Å²) >= 11 is 0. The molecular formula is C44H41N. The lowest BCUT2D eigenvalue weighted by atomic mass is 9.61. The van der Waals surface area contributed by atoms with Gasteiger partial charge in [-0.05, 0) is 105 Å². The molecule has 222 valence electrons. The summed E-state index contributed by atoms with van der Waals surface area (Å²) in [6, 6.07) is 55.1. The van der Waals surface area contributed by atoms with Gasteiger partial charge in [-0.25, -0.2) is 0 Å². The maximum absolute atomic E-state index is 2.42. The number of rotatable bonds is 6. The maximum atomic E-state index is 2.42. The summed E-state index contributed by atoms with van der Waals surface area (Å²) in [6.07, 6.45) is 2.42. The van der Waals surface area contributed by atoms with Gasteiger partial charge in [0.25, 0.3) is 0 Å². The van der Waals surface area contributed by atoms with Crippen molar-refractivity contribution in [3.05, 3.63) is 163 Å². The van der Waals surface area contributed by atoms with E-state index in [2.05, 4.69) is 184 Å². The molecule has 1 heteroatoms. The molecule has 45 heavy (non-hydrogen) atoms. The second-order valence-corrected chi connectivity index (χ2v) is 13.7. The van der Waals surface area contributed by atoms with Gasteiger partial charge >= 0.3 is 0 Å². The van der Waals surface area contributed by atoms with Crippen LogP contribution in [0.3, 0.4) is 0 Å². The Hall–Kier alpha value is -4.88. The van der Waals surface area contributed by atoms with Gasteiger partial charge < -0.3 is 4.90 Å². The standard InChI is InChI=1S/C44H41N/c1-43(2)30-31-44(3,4)42-40(16-11-17-41(42)43)36-22-28-39(29-23-36)45(37-24-18-34(19-25-37)32-12-7-5-8-13-32)38-26-20-35(21-27-38)33-14-9-6-10-15-33/h5-29H,30-31H2,1-4H3. The molecule has 7 rings (SSSR count). The van der Waals surface area contributed by atoms with Crippen molar-refractivity contribution >= 4 is 17.1 Å². The maximum Gasteiger partial charge on any atom is 0.0462 e. The fourth-order valence-electron chi connectivity index (χ4n) is 7.08. The van der Waals surface area contributed by atoms with Crippen LogP contribution in [0.25, 0.3) is 33.4 Å². The van der Waals surface area contributed by atoms with E-state index in [4.69, 9.17) is 0 Å². The zero-order valence-electron chi connectivity index (χ0n) is 26.8. The van der Waals surface area contributed by atoms with E-state index in [1.165, 1.54) is 57.3 Å². The summed E-state index contributed by atoms with van der Waals surface area (Å²) in [7, 11) is 0. The van der Waals surface area contributed by atoms with Crippen LogP contribution in [-0.4, -0.2) is 0 Å². The van der Waals surface area contributed by atoms with Crippen LogP contribution >= 0.6 is 0 Å². The van der Waals surface area contributed by atoms with E-state index in [9.17, 15) is 0 Å². The molecule has 6 aromatic rings. The first kappa shape index (κ1) is 28.9. The van der Waals surface area contributed by atoms with Crippen LogP contribution in [0.1, 0.15) is 51.7 Å². The SMILES string of the molecule is CC1(C)CCC(C)(C)c2c(-c3ccc(N(c4ccc(-c5ccccc5)cc4)c4ccc(-c5ccccc5)cc4)cc3)cccc21. The molecule has 0 saturated heterocycles. The summed E-state index contributed by atoms with van der Waals surface area (Å²) in [6.45, 7) is 9.63. The van der Waals surface area contributed by atoms with Crippen LogP contribution in [0.5, 0.6) is 0 Å². The fourth-order valence-corrected chi connectivity index (χ4v) is 7.08. The molecule has 0 radical (unpaired) electrons. The Kier molecular flexibility index (Phi) is 7.42. The summed E-state index contributed by atoms with van der Waals surface area (Å²) in [5, 5.41) is 0. The van der Waals surface area contributed by atoms with Crippen LogP contribution in [0.4, 0.5) is 17.1 Å². The second-order valence-electron chi connectivity index (χ2n) is 13.7. The highest BCUT2D eigenvalue weighted by molar-refractivity contribution is 5.81. The van der Waals surface area contributed by atoms with Crippen molar-refractivity contribution in [3.63, 3.8) is 0 Å². The highest BCUT2D eigenvalue weighted by atomic mass is 15.1. The number of nitrogens with zero attached hydrogens (tertiary/aromatic N) is 1. The smallest absolute Gasteiger partial charge is 0.0462 e. The van der Waals surface area contributed by atoms with Crippen molar-refractivity contribution in [2.75, 3.05) is 4.90 Å². The minimum Gasteiger partial charge on any atom is -0.311 e. The first-order chi connectivity index (χ1) is 21.8. The summed E-state index contributed by atoms with van der Waals surface area (Å²) < 4.78 is 0. The highest BCUT2D eigenvalue weighted by Gasteiger charge is 2.38. The van der Waals surface area contributed by atoms with E-state index in [0.717, 1.165) is 17.1 Å². The second kappa shape index (κ2) is 11.6. The molecule has 0 aromatic heterocycles. The third-order valence-corrected chi connectivity index (χ3v) is 9.75. The molecule has 0 aliphatic heterocycles. The lowest BCUT2D eigenvalue weighted by Crippen LogP contribution is -2.34. The summed E-state index contributed by atoms with van der Waals surface area (Å²) in [4.78, 5) is 2.36. The molecule has 0 bridgehead atoms. The number of benzene rings is 6. The quantitative estimate of drug-likeness (QED) is 0.188. The first-order valence-corrected chi connectivity index (χ1v) is 16.2. The highest BCUT2D eigenvalue weighted by Crippen LogP contribution is 2.49. The van der Waals surface area contributed by atoms with Gasteiger partial charge in [0.1, 0.15) is 0 Å². The normalized spacial score (nSPS) is 14.8. The van der Waals surface area contributed by atoms with Gasteiger partial charge in [0.05, 0.1) is 0 Å². The average molecular weight is 584 g/mol. The molecule has 0 N–H and O–H groups in total. The van der Waals surface area contributed by atoms with Crippen LogP contribution in [0.2, 0.25) is 0 Å². The molecule has 0 heterocycles. The van der Waals surface area contributed by atoms with Crippen LogP contribution in [0, 0.1) is 0 Å². The molecule has 0 atom stereocenters. The van der Waals surface area contributed by atoms with Crippen LogP contribution in [-0.2, 0) is 10.8 Å². The summed E-state index contributed by atoms with van der Waals surface area (Å²) in [5.74, 6) is 0. The Bertz CT molecular complexity index is 1810. The van der Waals surface area contributed by atoms with E-state index in [1.54, 1.807) is 0 Å². The molecule has 0 amide bonds. The van der Waals surface area contributed by atoms with Crippen molar-refractivity contribution in [1.29, 1.82) is 0 Å². The van der Waals surface area contributed by atoms with Crippen molar-refractivity contribution in [1.82, 2.24) is 0 Å². The average Bonchev–Trinajstić information content (AvgIpc) is 3.08. The van der Waals surface area contributed by atoms with Gasteiger partial charge in [-0.1, -0.05) is 143 Å². The van der Waals surface area contributed by atoms with Gasteiger partial charge in [0, 0.05) is 17.1 Å². The van der Waals surface area contributed by atoms with Gasteiger partial charge in [0.15, 0.2) is 0 Å². The van der Waals surface area contributed by atoms with Crippen molar-refractivity contribution in [3.8, 4) is 33.4 Å². The molecule has 0 saturated carbocycles. The Morgan fingerprint density at radius 2 is 0.778 bits per heavy atom. The van der Waals surface area contributed by atoms with E-state index < -0.39 is 0 Å².